The number of nitrogens with one attached hydrogen (secondary N) is 1. The highest BCUT2D eigenvalue weighted by atomic mass is 79.9. The summed E-state index contributed by atoms with van der Waals surface area (Å²) in [7, 11) is 0. The second kappa shape index (κ2) is 13.1. The molecule has 0 aliphatic carbocycles. The number of amides is 2. The average Bonchev–Trinajstić information content (AvgIpc) is 2.81. The first-order chi connectivity index (χ1) is 17.3. The number of nitrogens with zero attached hydrogens (tertiary/aromatic N) is 1. The van der Waals surface area contributed by atoms with Crippen LogP contribution in [0.4, 0.5) is 0 Å². The van der Waals surface area contributed by atoms with Crippen molar-refractivity contribution < 1.29 is 38.6 Å². The number of alkyl halides is 1. The molecule has 1 fully saturated rings. The van der Waals surface area contributed by atoms with Gasteiger partial charge >= 0.3 is 5.97 Å². The van der Waals surface area contributed by atoms with E-state index in [4.69, 9.17) is 9.47 Å². The molecule has 2 rings (SSSR count). The second-order valence-corrected chi connectivity index (χ2v) is 11.2. The van der Waals surface area contributed by atoms with Gasteiger partial charge in [0.15, 0.2) is 11.3 Å². The van der Waals surface area contributed by atoms with Crippen molar-refractivity contribution in [1.82, 2.24) is 10.2 Å². The van der Waals surface area contributed by atoms with Crippen LogP contribution in [0.15, 0.2) is 35.7 Å². The Morgan fingerprint density at radius 1 is 1.27 bits per heavy atom. The minimum Gasteiger partial charge on any atom is -0.509 e. The van der Waals surface area contributed by atoms with E-state index in [9.17, 15) is 29.1 Å². The van der Waals surface area contributed by atoms with Crippen LogP contribution in [0.25, 0.3) is 0 Å². The molecule has 10 nitrogen and oxygen atoms in total. The van der Waals surface area contributed by atoms with Crippen molar-refractivity contribution in [2.75, 3.05) is 5.33 Å². The highest BCUT2D eigenvalue weighted by Gasteiger charge is 2.53. The van der Waals surface area contributed by atoms with Crippen LogP contribution in [0.1, 0.15) is 51.8 Å². The summed E-state index contributed by atoms with van der Waals surface area (Å²) in [5.41, 5.74) is 0.446. The van der Waals surface area contributed by atoms with Gasteiger partial charge in [0.25, 0.3) is 18.3 Å². The predicted octanol–water partition coefficient (Wildman–Crippen LogP) is 3.18. The van der Waals surface area contributed by atoms with Crippen molar-refractivity contribution in [2.45, 2.75) is 64.2 Å². The highest BCUT2D eigenvalue weighted by molar-refractivity contribution is 9.09. The zero-order valence-electron chi connectivity index (χ0n) is 21.2. The number of carbonyl (C=O) groups excluding carboxylic acids is 5. The van der Waals surface area contributed by atoms with E-state index in [0.29, 0.717) is 28.9 Å². The molecule has 0 aromatic heterocycles. The number of likely N-dealkylation sites (tertiary alicyclic amines) is 1. The summed E-state index contributed by atoms with van der Waals surface area (Å²) in [5, 5.41) is 11.7. The summed E-state index contributed by atoms with van der Waals surface area (Å²) in [6.07, 6.45) is -0.598. The molecule has 1 aliphatic heterocycles. The molecular formula is C25H31BrN2O8S. The second-order valence-electron chi connectivity index (χ2n) is 9.70. The van der Waals surface area contributed by atoms with Crippen LogP contribution in [0.2, 0.25) is 0 Å². The molecule has 0 radical (unpaired) electrons. The summed E-state index contributed by atoms with van der Waals surface area (Å²) < 4.78 is 10.4. The molecule has 1 aromatic carbocycles. The number of carbonyl (C=O) groups is 5. The zero-order chi connectivity index (χ0) is 27.9. The molecule has 202 valence electrons. The third-order valence-corrected chi connectivity index (χ3v) is 6.50. The van der Waals surface area contributed by atoms with Crippen molar-refractivity contribution in [3.63, 3.8) is 0 Å². The summed E-state index contributed by atoms with van der Waals surface area (Å²) in [6, 6.07) is 5.77. The molecule has 1 saturated heterocycles. The minimum atomic E-state index is -1.34. The lowest BCUT2D eigenvalue weighted by molar-refractivity contribution is -0.160. The Morgan fingerprint density at radius 3 is 2.49 bits per heavy atom. The number of hydrogen-bond acceptors (Lipinski definition) is 9. The number of esters is 1. The molecule has 0 saturated carbocycles. The van der Waals surface area contributed by atoms with E-state index < -0.39 is 52.4 Å². The lowest BCUT2D eigenvalue weighted by atomic mass is 9.98. The topological polar surface area (TPSA) is 139 Å². The van der Waals surface area contributed by atoms with Crippen molar-refractivity contribution in [3.05, 3.63) is 46.8 Å². The molecule has 0 bridgehead atoms. The number of hydrogen-bond donors (Lipinski definition) is 2. The SMILES string of the molecule is CC(C)Cc1cccc(C(OC=O)C(=O)NC2C(=O)N(C(C(=O)OC(C)(C)C)=C(O)CBr)C2SC=O)c1. The first-order valence-corrected chi connectivity index (χ1v) is 13.5. The number of thioether (sulfide) groups is 1. The van der Waals surface area contributed by atoms with Crippen LogP contribution in [0.3, 0.4) is 0 Å². The molecule has 12 heteroatoms. The van der Waals surface area contributed by atoms with Gasteiger partial charge in [-0.05, 0) is 38.7 Å². The Kier molecular flexibility index (Phi) is 10.7. The number of aliphatic hydroxyl groups excluding tert-OH is 1. The Bertz CT molecular complexity index is 1070. The quantitative estimate of drug-likeness (QED) is 0.0926. The fourth-order valence-corrected chi connectivity index (χ4v) is 4.76. The van der Waals surface area contributed by atoms with Crippen LogP contribution in [-0.4, -0.2) is 62.2 Å². The van der Waals surface area contributed by atoms with E-state index in [1.807, 2.05) is 19.9 Å². The van der Waals surface area contributed by atoms with Crippen molar-refractivity contribution in [3.8, 4) is 0 Å². The third kappa shape index (κ3) is 7.81. The molecule has 3 atom stereocenters. The van der Waals surface area contributed by atoms with Gasteiger partial charge in [-0.1, -0.05) is 65.8 Å². The Hall–Kier alpha value is -2.86. The molecule has 0 spiro atoms. The standard InChI is InChI=1S/C25H31BrN2O8S/c1-14(2)9-15-7-6-8-16(10-15)20(35-12-29)21(32)27-18-22(33)28(23(18)37-13-30)19(17(31)11-26)24(34)36-25(3,4)5/h6-8,10,12-14,18,20,23,31H,9,11H2,1-5H3,(H,27,32). The van der Waals surface area contributed by atoms with E-state index in [1.54, 1.807) is 39.0 Å². The third-order valence-electron chi connectivity index (χ3n) is 5.10. The fraction of sp³-hybridized carbons (Fsp3) is 0.480. The number of halogens is 1. The lowest BCUT2D eigenvalue weighted by Gasteiger charge is -2.46. The molecule has 37 heavy (non-hydrogen) atoms. The molecular weight excluding hydrogens is 568 g/mol. The Balaban J connectivity index is 2.33. The van der Waals surface area contributed by atoms with Crippen LogP contribution in [0, 0.1) is 5.92 Å². The van der Waals surface area contributed by atoms with E-state index in [2.05, 4.69) is 21.2 Å². The first-order valence-electron chi connectivity index (χ1n) is 11.5. The van der Waals surface area contributed by atoms with E-state index >= 15 is 0 Å². The summed E-state index contributed by atoms with van der Waals surface area (Å²) in [5.74, 6) is -2.62. The molecule has 1 aromatic rings. The highest BCUT2D eigenvalue weighted by Crippen LogP contribution is 2.35. The zero-order valence-corrected chi connectivity index (χ0v) is 23.6. The monoisotopic (exact) mass is 598 g/mol. The fourth-order valence-electron chi connectivity index (χ4n) is 3.71. The average molecular weight is 600 g/mol. The van der Waals surface area contributed by atoms with Gasteiger partial charge in [-0.25, -0.2) is 4.79 Å². The van der Waals surface area contributed by atoms with Gasteiger partial charge < -0.3 is 19.9 Å². The van der Waals surface area contributed by atoms with Crippen molar-refractivity contribution in [1.29, 1.82) is 0 Å². The van der Waals surface area contributed by atoms with Crippen molar-refractivity contribution >= 4 is 57.6 Å². The van der Waals surface area contributed by atoms with Crippen LogP contribution in [-0.2, 0) is 39.9 Å². The largest absolute Gasteiger partial charge is 0.509 e. The van der Waals surface area contributed by atoms with Crippen LogP contribution in [0.5, 0.6) is 0 Å². The molecule has 1 aliphatic rings. The van der Waals surface area contributed by atoms with Crippen molar-refractivity contribution in [2.24, 2.45) is 5.92 Å². The molecule has 2 amide bonds. The van der Waals surface area contributed by atoms with Gasteiger partial charge in [-0.15, -0.1) is 0 Å². The maximum atomic E-state index is 13.1. The first kappa shape index (κ1) is 30.4. The van der Waals surface area contributed by atoms with Gasteiger partial charge in [0.05, 0.1) is 5.33 Å². The number of benzene rings is 1. The smallest absolute Gasteiger partial charge is 0.359 e. The summed E-state index contributed by atoms with van der Waals surface area (Å²) >= 11 is 3.69. The Labute approximate surface area is 228 Å². The maximum absolute atomic E-state index is 13.1. The minimum absolute atomic E-state index is 0.142. The molecule has 3 unspecified atom stereocenters. The summed E-state index contributed by atoms with van der Waals surface area (Å²) in [4.78, 5) is 62.5. The van der Waals surface area contributed by atoms with Crippen LogP contribution < -0.4 is 5.32 Å². The van der Waals surface area contributed by atoms with Gasteiger partial charge in [0.1, 0.15) is 22.8 Å². The maximum Gasteiger partial charge on any atom is 0.359 e. The van der Waals surface area contributed by atoms with Gasteiger partial charge in [0, 0.05) is 5.56 Å². The van der Waals surface area contributed by atoms with E-state index in [0.717, 1.165) is 16.9 Å². The Morgan fingerprint density at radius 2 is 1.95 bits per heavy atom. The van der Waals surface area contributed by atoms with E-state index in [1.165, 1.54) is 0 Å². The number of rotatable bonds is 12. The van der Waals surface area contributed by atoms with Gasteiger partial charge in [-0.2, -0.15) is 0 Å². The molecule has 1 heterocycles. The number of allylic oxidation sites excluding steroid dienone is 1. The predicted molar refractivity (Wildman–Crippen MR) is 141 cm³/mol. The lowest BCUT2D eigenvalue weighted by Crippen LogP contribution is -2.70. The van der Waals surface area contributed by atoms with E-state index in [-0.39, 0.29) is 11.8 Å². The molecule has 2 N–H and O–H groups in total. The number of β-lactam (4-membered cyclic amide) rings is 1. The number of ether oxygens (including phenoxy) is 2. The normalized spacial score (nSPS) is 18.9. The van der Waals surface area contributed by atoms with Gasteiger partial charge in [-0.3, -0.25) is 24.1 Å². The summed E-state index contributed by atoms with van der Waals surface area (Å²) in [6.45, 7) is 9.10. The van der Waals surface area contributed by atoms with Gasteiger partial charge in [0.2, 0.25) is 6.10 Å². The number of aliphatic hydroxyl groups is 1. The van der Waals surface area contributed by atoms with Crippen LogP contribution >= 0.6 is 27.7 Å².